The van der Waals surface area contributed by atoms with Crippen LogP contribution < -0.4 is 0 Å². The topological polar surface area (TPSA) is 37.5 Å². The number of aliphatic hydroxyl groups excluding tert-OH is 1. The zero-order valence-corrected chi connectivity index (χ0v) is 7.80. The minimum atomic E-state index is -0.366. The molecule has 1 atom stereocenters. The second kappa shape index (κ2) is 2.82. The van der Waals surface area contributed by atoms with Gasteiger partial charge in [0.05, 0.1) is 5.69 Å². The maximum Gasteiger partial charge on any atom is 0.137 e. The van der Waals surface area contributed by atoms with Crippen molar-refractivity contribution in [2.75, 3.05) is 0 Å². The predicted molar refractivity (Wildman–Crippen MR) is 52.9 cm³/mol. The average Bonchev–Trinajstić information content (AvgIpc) is 2.95. The van der Waals surface area contributed by atoms with Crippen molar-refractivity contribution in [3.63, 3.8) is 0 Å². The number of nitrogens with zero attached hydrogens (tertiary/aromatic N) is 2. The smallest absolute Gasteiger partial charge is 0.137 e. The van der Waals surface area contributed by atoms with Gasteiger partial charge in [0.1, 0.15) is 11.8 Å². The molecule has 1 aliphatic carbocycles. The van der Waals surface area contributed by atoms with E-state index in [1.165, 1.54) is 0 Å². The molecular weight excluding hydrogens is 176 g/mol. The van der Waals surface area contributed by atoms with Crippen LogP contribution in [0.1, 0.15) is 24.6 Å². The lowest BCUT2D eigenvalue weighted by atomic mass is 10.2. The Morgan fingerprint density at radius 3 is 3.00 bits per heavy atom. The van der Waals surface area contributed by atoms with Crippen LogP contribution in [0.25, 0.3) is 5.65 Å². The standard InChI is InChI=1S/C11H12N2O/c14-11(8-4-5-8)9-7-13-6-2-1-3-10(13)12-9/h1-3,6-8,11,14H,4-5H2. The highest BCUT2D eigenvalue weighted by atomic mass is 16.3. The first-order chi connectivity index (χ1) is 6.84. The summed E-state index contributed by atoms with van der Waals surface area (Å²) < 4.78 is 1.95. The van der Waals surface area contributed by atoms with Gasteiger partial charge < -0.3 is 9.51 Å². The second-order valence-electron chi connectivity index (χ2n) is 3.91. The van der Waals surface area contributed by atoms with Crippen molar-refractivity contribution in [1.82, 2.24) is 9.38 Å². The molecule has 0 radical (unpaired) electrons. The van der Waals surface area contributed by atoms with E-state index in [1.807, 2.05) is 35.0 Å². The highest BCUT2D eigenvalue weighted by molar-refractivity contribution is 5.39. The zero-order valence-electron chi connectivity index (χ0n) is 7.80. The number of hydrogen-bond donors (Lipinski definition) is 1. The number of pyridine rings is 1. The van der Waals surface area contributed by atoms with Crippen LogP contribution in [0.3, 0.4) is 0 Å². The molecule has 0 saturated heterocycles. The van der Waals surface area contributed by atoms with Crippen molar-refractivity contribution >= 4 is 5.65 Å². The Kier molecular flexibility index (Phi) is 1.61. The minimum absolute atomic E-state index is 0.366. The fraction of sp³-hybridized carbons (Fsp3) is 0.364. The summed E-state index contributed by atoms with van der Waals surface area (Å²) in [5.41, 5.74) is 1.71. The van der Waals surface area contributed by atoms with E-state index in [2.05, 4.69) is 4.98 Å². The Morgan fingerprint density at radius 1 is 1.43 bits per heavy atom. The second-order valence-corrected chi connectivity index (χ2v) is 3.91. The quantitative estimate of drug-likeness (QED) is 0.780. The van der Waals surface area contributed by atoms with Crippen LogP contribution >= 0.6 is 0 Å². The van der Waals surface area contributed by atoms with Crippen LogP contribution in [0, 0.1) is 5.92 Å². The van der Waals surface area contributed by atoms with Gasteiger partial charge >= 0.3 is 0 Å². The van der Waals surface area contributed by atoms with Crippen molar-refractivity contribution in [2.45, 2.75) is 18.9 Å². The molecule has 1 N–H and O–H groups in total. The number of imidazole rings is 1. The van der Waals surface area contributed by atoms with Crippen molar-refractivity contribution in [3.05, 3.63) is 36.3 Å². The van der Waals surface area contributed by atoms with Crippen LogP contribution in [0.15, 0.2) is 30.6 Å². The van der Waals surface area contributed by atoms with Gasteiger partial charge in [0.15, 0.2) is 0 Å². The largest absolute Gasteiger partial charge is 0.386 e. The van der Waals surface area contributed by atoms with Gasteiger partial charge in [0.2, 0.25) is 0 Å². The predicted octanol–water partition coefficient (Wildman–Crippen LogP) is 1.78. The van der Waals surface area contributed by atoms with Gasteiger partial charge in [-0.1, -0.05) is 6.07 Å². The molecule has 0 amide bonds. The van der Waals surface area contributed by atoms with Crippen LogP contribution in [-0.4, -0.2) is 14.5 Å². The maximum atomic E-state index is 9.89. The Hall–Kier alpha value is -1.35. The number of rotatable bonds is 2. The van der Waals surface area contributed by atoms with Gasteiger partial charge in [-0.3, -0.25) is 0 Å². The van der Waals surface area contributed by atoms with Crippen LogP contribution in [-0.2, 0) is 0 Å². The molecule has 2 heterocycles. The molecule has 1 unspecified atom stereocenters. The number of aromatic nitrogens is 2. The molecule has 1 aliphatic rings. The van der Waals surface area contributed by atoms with Crippen LogP contribution in [0.2, 0.25) is 0 Å². The minimum Gasteiger partial charge on any atom is -0.386 e. The van der Waals surface area contributed by atoms with Crippen molar-refractivity contribution < 1.29 is 5.11 Å². The van der Waals surface area contributed by atoms with E-state index in [4.69, 9.17) is 0 Å². The molecule has 0 spiro atoms. The maximum absolute atomic E-state index is 9.89. The highest BCUT2D eigenvalue weighted by Gasteiger charge is 2.32. The number of aliphatic hydroxyl groups is 1. The zero-order chi connectivity index (χ0) is 9.54. The van der Waals surface area contributed by atoms with Crippen molar-refractivity contribution in [2.24, 2.45) is 5.92 Å². The first kappa shape index (κ1) is 8.00. The summed E-state index contributed by atoms with van der Waals surface area (Å²) in [6, 6.07) is 5.86. The summed E-state index contributed by atoms with van der Waals surface area (Å²) in [4.78, 5) is 4.39. The van der Waals surface area contributed by atoms with E-state index in [-0.39, 0.29) is 6.10 Å². The molecule has 0 aromatic carbocycles. The third-order valence-corrected chi connectivity index (χ3v) is 2.75. The van der Waals surface area contributed by atoms with E-state index >= 15 is 0 Å². The summed E-state index contributed by atoms with van der Waals surface area (Å²) in [6.45, 7) is 0. The lowest BCUT2D eigenvalue weighted by Crippen LogP contribution is -1.99. The summed E-state index contributed by atoms with van der Waals surface area (Å²) in [5.74, 6) is 0.444. The average molecular weight is 188 g/mol. The molecule has 72 valence electrons. The third-order valence-electron chi connectivity index (χ3n) is 2.75. The van der Waals surface area contributed by atoms with E-state index in [0.29, 0.717) is 5.92 Å². The van der Waals surface area contributed by atoms with Gasteiger partial charge in [-0.05, 0) is 30.9 Å². The van der Waals surface area contributed by atoms with E-state index in [0.717, 1.165) is 24.2 Å². The molecule has 2 aromatic rings. The van der Waals surface area contributed by atoms with Crippen molar-refractivity contribution in [1.29, 1.82) is 0 Å². The molecule has 3 rings (SSSR count). The first-order valence-corrected chi connectivity index (χ1v) is 4.96. The molecule has 0 bridgehead atoms. The van der Waals surface area contributed by atoms with E-state index in [9.17, 15) is 5.11 Å². The number of hydrogen-bond acceptors (Lipinski definition) is 2. The summed E-state index contributed by atoms with van der Waals surface area (Å²) in [5, 5.41) is 9.89. The van der Waals surface area contributed by atoms with Gasteiger partial charge in [0, 0.05) is 12.4 Å². The summed E-state index contributed by atoms with van der Waals surface area (Å²) in [7, 11) is 0. The molecule has 1 saturated carbocycles. The Labute approximate surface area is 82.0 Å². The van der Waals surface area contributed by atoms with Gasteiger partial charge in [-0.25, -0.2) is 4.98 Å². The Bertz CT molecular complexity index is 426. The molecule has 14 heavy (non-hydrogen) atoms. The summed E-state index contributed by atoms with van der Waals surface area (Å²) in [6.07, 6.45) is 5.77. The molecule has 2 aromatic heterocycles. The summed E-state index contributed by atoms with van der Waals surface area (Å²) >= 11 is 0. The molecule has 1 fully saturated rings. The fourth-order valence-electron chi connectivity index (χ4n) is 1.75. The molecular formula is C11H12N2O. The van der Waals surface area contributed by atoms with Gasteiger partial charge in [0.25, 0.3) is 0 Å². The first-order valence-electron chi connectivity index (χ1n) is 4.96. The monoisotopic (exact) mass is 188 g/mol. The fourth-order valence-corrected chi connectivity index (χ4v) is 1.75. The third kappa shape index (κ3) is 1.21. The lowest BCUT2D eigenvalue weighted by molar-refractivity contribution is 0.150. The van der Waals surface area contributed by atoms with Crippen LogP contribution in [0.4, 0.5) is 0 Å². The van der Waals surface area contributed by atoms with Gasteiger partial charge in [-0.2, -0.15) is 0 Å². The van der Waals surface area contributed by atoms with Crippen molar-refractivity contribution in [3.8, 4) is 0 Å². The number of fused-ring (bicyclic) bond motifs is 1. The molecule has 3 heteroatoms. The van der Waals surface area contributed by atoms with Gasteiger partial charge in [-0.15, -0.1) is 0 Å². The SMILES string of the molecule is OC(c1cn2ccccc2n1)C1CC1. The lowest BCUT2D eigenvalue weighted by Gasteiger charge is -2.02. The van der Waals surface area contributed by atoms with E-state index < -0.39 is 0 Å². The normalized spacial score (nSPS) is 18.6. The van der Waals surface area contributed by atoms with E-state index in [1.54, 1.807) is 0 Å². The van der Waals surface area contributed by atoms with Crippen LogP contribution in [0.5, 0.6) is 0 Å². The molecule has 3 nitrogen and oxygen atoms in total. The molecule has 0 aliphatic heterocycles. The Morgan fingerprint density at radius 2 is 2.29 bits per heavy atom. The Balaban J connectivity index is 2.04. The highest BCUT2D eigenvalue weighted by Crippen LogP contribution is 2.40.